The Labute approximate surface area is 152 Å². The average Bonchev–Trinajstić information content (AvgIpc) is 2.98. The molecule has 1 unspecified atom stereocenters. The van der Waals surface area contributed by atoms with Crippen LogP contribution < -0.4 is 5.73 Å². The van der Waals surface area contributed by atoms with Gasteiger partial charge in [-0.25, -0.2) is 18.7 Å². The summed E-state index contributed by atoms with van der Waals surface area (Å²) in [5.41, 5.74) is 8.50. The lowest BCUT2D eigenvalue weighted by Crippen LogP contribution is -2.09. The Balaban J connectivity index is 1.80. The van der Waals surface area contributed by atoms with Crippen LogP contribution in [0.2, 0.25) is 0 Å². The Hall–Kier alpha value is -2.35. The summed E-state index contributed by atoms with van der Waals surface area (Å²) in [4.78, 5) is 8.74. The van der Waals surface area contributed by atoms with E-state index in [9.17, 15) is 13.0 Å². The van der Waals surface area contributed by atoms with Crippen molar-refractivity contribution in [2.24, 2.45) is 0 Å². The number of hydrogen-bond acceptors (Lipinski definition) is 4. The molecule has 5 nitrogen and oxygen atoms in total. The van der Waals surface area contributed by atoms with Gasteiger partial charge in [-0.05, 0) is 31.0 Å². The van der Waals surface area contributed by atoms with Gasteiger partial charge in [0.25, 0.3) is 0 Å². The molecule has 0 fully saturated rings. The van der Waals surface area contributed by atoms with Crippen LogP contribution in [0.5, 0.6) is 0 Å². The van der Waals surface area contributed by atoms with Crippen LogP contribution >= 0.6 is 0 Å². The zero-order valence-electron chi connectivity index (χ0n) is 14.6. The summed E-state index contributed by atoms with van der Waals surface area (Å²) in [5.74, 6) is 0.0747. The quantitative estimate of drug-likeness (QED) is 0.714. The lowest BCUT2D eigenvalue weighted by molar-refractivity contribution is 0.561. The van der Waals surface area contributed by atoms with Gasteiger partial charge >= 0.3 is 0 Å². The number of fused-ring (bicyclic) bond motifs is 1. The van der Waals surface area contributed by atoms with Crippen LogP contribution in [0.25, 0.3) is 11.0 Å². The molecule has 138 valence electrons. The average molecular weight is 378 g/mol. The van der Waals surface area contributed by atoms with E-state index in [1.54, 1.807) is 6.20 Å². The van der Waals surface area contributed by atoms with Gasteiger partial charge in [-0.15, -0.1) is 0 Å². The number of aryl methyl sites for hydroxylation is 3. The van der Waals surface area contributed by atoms with Gasteiger partial charge in [0, 0.05) is 31.0 Å². The maximum absolute atomic E-state index is 13.8. The number of benzene rings is 1. The summed E-state index contributed by atoms with van der Waals surface area (Å²) in [6, 6.07) is 3.11. The van der Waals surface area contributed by atoms with Crippen molar-refractivity contribution in [2.45, 2.75) is 38.1 Å². The van der Waals surface area contributed by atoms with E-state index in [-0.39, 0.29) is 10.6 Å². The molecule has 2 N–H and O–H groups in total. The number of hydrogen-bond donors (Lipinski definition) is 1. The largest absolute Gasteiger partial charge is 0.382 e. The fourth-order valence-electron chi connectivity index (χ4n) is 3.00. The van der Waals surface area contributed by atoms with E-state index in [0.29, 0.717) is 24.3 Å². The molecule has 0 amide bonds. The predicted molar refractivity (Wildman–Crippen MR) is 98.3 cm³/mol. The highest BCUT2D eigenvalue weighted by atomic mass is 32.2. The Morgan fingerprint density at radius 1 is 1.31 bits per heavy atom. The number of nitrogens with zero attached hydrogens (tertiary/aromatic N) is 3. The van der Waals surface area contributed by atoms with E-state index in [0.717, 1.165) is 35.5 Å². The third-order valence-electron chi connectivity index (χ3n) is 4.23. The Bertz CT molecular complexity index is 987. The predicted octanol–water partition coefficient (Wildman–Crippen LogP) is 3.36. The van der Waals surface area contributed by atoms with Gasteiger partial charge < -0.3 is 10.3 Å². The van der Waals surface area contributed by atoms with Crippen molar-refractivity contribution in [3.05, 3.63) is 47.4 Å². The second-order valence-corrected chi connectivity index (χ2v) is 7.57. The molecule has 0 aliphatic carbocycles. The molecular formula is C18H20F2N4OS. The van der Waals surface area contributed by atoms with E-state index < -0.39 is 22.4 Å². The van der Waals surface area contributed by atoms with Crippen molar-refractivity contribution in [3.8, 4) is 0 Å². The van der Waals surface area contributed by atoms with Crippen molar-refractivity contribution in [3.63, 3.8) is 0 Å². The summed E-state index contributed by atoms with van der Waals surface area (Å²) in [5, 5.41) is 0. The van der Waals surface area contributed by atoms with E-state index in [1.165, 1.54) is 6.07 Å². The molecule has 3 aromatic rings. The van der Waals surface area contributed by atoms with E-state index in [2.05, 4.69) is 14.5 Å². The molecule has 0 radical (unpaired) electrons. The molecule has 0 saturated heterocycles. The summed E-state index contributed by atoms with van der Waals surface area (Å²) in [7, 11) is -1.53. The van der Waals surface area contributed by atoms with Crippen LogP contribution in [0, 0.1) is 18.6 Å². The zero-order valence-corrected chi connectivity index (χ0v) is 15.4. The first-order chi connectivity index (χ1) is 12.4. The maximum atomic E-state index is 13.8. The van der Waals surface area contributed by atoms with Gasteiger partial charge in [-0.1, -0.05) is 6.92 Å². The van der Waals surface area contributed by atoms with Gasteiger partial charge in [-0.2, -0.15) is 0 Å². The number of nitrogens with two attached hydrogens (primary N) is 1. The highest BCUT2D eigenvalue weighted by Gasteiger charge is 2.16. The number of aromatic nitrogens is 3. The first-order valence-electron chi connectivity index (χ1n) is 8.36. The Morgan fingerprint density at radius 2 is 2.08 bits per heavy atom. The molecule has 0 aliphatic heterocycles. The van der Waals surface area contributed by atoms with Crippen LogP contribution in [0.1, 0.15) is 24.7 Å². The van der Waals surface area contributed by atoms with E-state index in [4.69, 9.17) is 5.73 Å². The number of nitrogen functional groups attached to an aromatic ring is 1. The summed E-state index contributed by atoms with van der Waals surface area (Å²) < 4.78 is 41.1. The molecular weight excluding hydrogens is 358 g/mol. The number of anilines is 1. The molecule has 1 aromatic carbocycles. The molecule has 8 heteroatoms. The highest BCUT2D eigenvalue weighted by Crippen LogP contribution is 2.24. The van der Waals surface area contributed by atoms with Crippen LogP contribution in [-0.2, 0) is 23.8 Å². The highest BCUT2D eigenvalue weighted by molar-refractivity contribution is 7.85. The van der Waals surface area contributed by atoms with Crippen LogP contribution in [0.15, 0.2) is 29.3 Å². The summed E-state index contributed by atoms with van der Waals surface area (Å²) in [6.07, 6.45) is 2.99. The van der Waals surface area contributed by atoms with Crippen molar-refractivity contribution < 1.29 is 13.0 Å². The second-order valence-electron chi connectivity index (χ2n) is 6.03. The lowest BCUT2D eigenvalue weighted by Gasteiger charge is -2.10. The van der Waals surface area contributed by atoms with Crippen molar-refractivity contribution in [1.82, 2.24) is 14.5 Å². The van der Waals surface area contributed by atoms with Crippen molar-refractivity contribution in [2.75, 3.05) is 11.5 Å². The molecule has 0 aliphatic rings. The molecule has 1 atom stereocenters. The molecule has 3 rings (SSSR count). The third-order valence-corrected chi connectivity index (χ3v) is 5.71. The standard InChI is InChI=1S/C18H20F2N4OS/c1-3-15-23-16-17(11(2)10-22-18(16)21)24(15)7-4-8-26(25)14-6-5-12(19)9-13(14)20/h5-6,9-10H,3-4,7-8H2,1-2H3,(H2,21,22). The maximum Gasteiger partial charge on any atom is 0.151 e. The summed E-state index contributed by atoms with van der Waals surface area (Å²) in [6.45, 7) is 4.53. The molecule has 0 spiro atoms. The Morgan fingerprint density at radius 3 is 2.77 bits per heavy atom. The van der Waals surface area contributed by atoms with Crippen LogP contribution in [0.3, 0.4) is 0 Å². The van der Waals surface area contributed by atoms with E-state index in [1.807, 2.05) is 13.8 Å². The monoisotopic (exact) mass is 378 g/mol. The Kier molecular flexibility index (Phi) is 5.31. The smallest absolute Gasteiger partial charge is 0.151 e. The number of rotatable bonds is 6. The van der Waals surface area contributed by atoms with Gasteiger partial charge in [0.05, 0.1) is 21.2 Å². The molecule has 2 aromatic heterocycles. The second kappa shape index (κ2) is 7.49. The third kappa shape index (κ3) is 3.46. The van der Waals surface area contributed by atoms with Crippen molar-refractivity contribution >= 4 is 27.7 Å². The van der Waals surface area contributed by atoms with Crippen LogP contribution in [0.4, 0.5) is 14.6 Å². The number of halogens is 2. The fraction of sp³-hybridized carbons (Fsp3) is 0.333. The molecule has 0 bridgehead atoms. The van der Waals surface area contributed by atoms with Gasteiger partial charge in [-0.3, -0.25) is 4.21 Å². The molecule has 2 heterocycles. The minimum Gasteiger partial charge on any atom is -0.382 e. The SMILES string of the molecule is CCc1nc2c(N)ncc(C)c2n1CCCS(=O)c1ccc(F)cc1F. The fourth-order valence-corrected chi connectivity index (χ4v) is 4.11. The lowest BCUT2D eigenvalue weighted by atomic mass is 10.2. The zero-order chi connectivity index (χ0) is 18.8. The molecule has 26 heavy (non-hydrogen) atoms. The van der Waals surface area contributed by atoms with Crippen molar-refractivity contribution in [1.29, 1.82) is 0 Å². The van der Waals surface area contributed by atoms with Crippen LogP contribution in [-0.4, -0.2) is 24.5 Å². The van der Waals surface area contributed by atoms with E-state index >= 15 is 0 Å². The first kappa shape index (κ1) is 18.4. The normalized spacial score (nSPS) is 12.6. The minimum atomic E-state index is -1.53. The molecule has 0 saturated carbocycles. The first-order valence-corrected chi connectivity index (χ1v) is 9.67. The number of pyridine rings is 1. The summed E-state index contributed by atoms with van der Waals surface area (Å²) >= 11 is 0. The minimum absolute atomic E-state index is 0.0298. The van der Waals surface area contributed by atoms with Gasteiger partial charge in [0.15, 0.2) is 5.82 Å². The van der Waals surface area contributed by atoms with Gasteiger partial charge in [0.2, 0.25) is 0 Å². The topological polar surface area (TPSA) is 73.8 Å². The number of imidazole rings is 1. The van der Waals surface area contributed by atoms with Gasteiger partial charge in [0.1, 0.15) is 23.0 Å².